The van der Waals surface area contributed by atoms with Crippen LogP contribution in [0.1, 0.15) is 36.0 Å². The number of carbonyl (C=O) groups is 1. The van der Waals surface area contributed by atoms with Crippen LogP contribution in [0.2, 0.25) is 0 Å². The van der Waals surface area contributed by atoms with E-state index in [1.807, 2.05) is 0 Å². The van der Waals surface area contributed by atoms with Crippen LogP contribution in [-0.4, -0.2) is 36.2 Å². The number of amides is 1. The number of aliphatic hydroxyl groups is 1. The van der Waals surface area contributed by atoms with Crippen LogP contribution in [0.3, 0.4) is 0 Å². The van der Waals surface area contributed by atoms with Gasteiger partial charge in [-0.25, -0.2) is 8.78 Å². The van der Waals surface area contributed by atoms with E-state index in [1.165, 1.54) is 6.07 Å². The Labute approximate surface area is 134 Å². The van der Waals surface area contributed by atoms with Crippen LogP contribution < -0.4 is 10.6 Å². The van der Waals surface area contributed by atoms with Crippen LogP contribution in [0.4, 0.5) is 8.78 Å². The molecule has 0 aromatic heterocycles. The van der Waals surface area contributed by atoms with Crippen molar-refractivity contribution in [2.24, 2.45) is 11.8 Å². The molecule has 1 amide bonds. The Morgan fingerprint density at radius 2 is 1.87 bits per heavy atom. The topological polar surface area (TPSA) is 61.4 Å². The Morgan fingerprint density at radius 1 is 1.17 bits per heavy atom. The van der Waals surface area contributed by atoms with Gasteiger partial charge in [0.05, 0.1) is 6.10 Å². The fraction of sp³-hybridized carbons (Fsp3) is 0.588. The van der Waals surface area contributed by atoms with Gasteiger partial charge in [-0.3, -0.25) is 4.79 Å². The summed E-state index contributed by atoms with van der Waals surface area (Å²) in [7, 11) is 0. The summed E-state index contributed by atoms with van der Waals surface area (Å²) < 4.78 is 26.3. The molecule has 126 valence electrons. The highest BCUT2D eigenvalue weighted by atomic mass is 19.2. The van der Waals surface area contributed by atoms with Crippen molar-refractivity contribution in [3.63, 3.8) is 0 Å². The SMILES string of the molecule is O=C(N[C@@H](C1CCNCC1)C1CC(O)C1)c1ccc(F)c(F)c1. The van der Waals surface area contributed by atoms with E-state index in [0.29, 0.717) is 18.8 Å². The van der Waals surface area contributed by atoms with Gasteiger partial charge in [0.2, 0.25) is 0 Å². The summed E-state index contributed by atoms with van der Waals surface area (Å²) in [5, 5.41) is 15.9. The summed E-state index contributed by atoms with van der Waals surface area (Å²) in [6.45, 7) is 1.83. The number of nitrogens with one attached hydrogen (secondary N) is 2. The quantitative estimate of drug-likeness (QED) is 0.792. The second kappa shape index (κ2) is 6.93. The van der Waals surface area contributed by atoms with Crippen molar-refractivity contribution in [3.05, 3.63) is 35.4 Å². The van der Waals surface area contributed by atoms with E-state index >= 15 is 0 Å². The normalized spacial score (nSPS) is 26.4. The fourth-order valence-electron chi connectivity index (χ4n) is 3.62. The molecule has 6 heteroatoms. The molecule has 0 unspecified atom stereocenters. The van der Waals surface area contributed by atoms with Crippen molar-refractivity contribution in [1.29, 1.82) is 0 Å². The van der Waals surface area contributed by atoms with Crippen LogP contribution >= 0.6 is 0 Å². The first-order valence-electron chi connectivity index (χ1n) is 8.19. The van der Waals surface area contributed by atoms with Crippen LogP contribution in [0.5, 0.6) is 0 Å². The van der Waals surface area contributed by atoms with Gasteiger partial charge in [-0.05, 0) is 68.8 Å². The van der Waals surface area contributed by atoms with E-state index in [2.05, 4.69) is 10.6 Å². The van der Waals surface area contributed by atoms with Gasteiger partial charge >= 0.3 is 0 Å². The lowest BCUT2D eigenvalue weighted by Crippen LogP contribution is -2.52. The largest absolute Gasteiger partial charge is 0.393 e. The minimum absolute atomic E-state index is 0.0267. The molecule has 2 fully saturated rings. The zero-order valence-corrected chi connectivity index (χ0v) is 12.9. The standard InChI is InChI=1S/C17H22F2N2O2/c18-14-2-1-11(9-15(14)19)17(23)21-16(12-7-13(22)8-12)10-3-5-20-6-4-10/h1-2,9-10,12-13,16,20,22H,3-8H2,(H,21,23)/t12?,13?,16-/m0/s1. The molecule has 1 aliphatic heterocycles. The lowest BCUT2D eigenvalue weighted by atomic mass is 9.71. The molecule has 23 heavy (non-hydrogen) atoms. The predicted molar refractivity (Wildman–Crippen MR) is 81.9 cm³/mol. The molecule has 0 spiro atoms. The molecule has 3 rings (SSSR count). The van der Waals surface area contributed by atoms with Crippen LogP contribution in [-0.2, 0) is 0 Å². The van der Waals surface area contributed by atoms with Gasteiger partial charge in [0, 0.05) is 11.6 Å². The number of rotatable bonds is 4. The first-order valence-corrected chi connectivity index (χ1v) is 8.19. The van der Waals surface area contributed by atoms with E-state index in [1.54, 1.807) is 0 Å². The molecule has 1 aromatic carbocycles. The van der Waals surface area contributed by atoms with Gasteiger partial charge in [-0.15, -0.1) is 0 Å². The predicted octanol–water partition coefficient (Wildman–Crippen LogP) is 1.83. The molecule has 1 saturated carbocycles. The monoisotopic (exact) mass is 324 g/mol. The lowest BCUT2D eigenvalue weighted by Gasteiger charge is -2.43. The van der Waals surface area contributed by atoms with Gasteiger partial charge in [-0.1, -0.05) is 0 Å². The number of carbonyl (C=O) groups excluding carboxylic acids is 1. The van der Waals surface area contributed by atoms with Crippen molar-refractivity contribution >= 4 is 5.91 Å². The molecule has 0 bridgehead atoms. The highest BCUT2D eigenvalue weighted by Crippen LogP contribution is 2.35. The van der Waals surface area contributed by atoms with Crippen molar-refractivity contribution < 1.29 is 18.7 Å². The molecular formula is C17H22F2N2O2. The Bertz CT molecular complexity index is 570. The van der Waals surface area contributed by atoms with Gasteiger partial charge < -0.3 is 15.7 Å². The third kappa shape index (κ3) is 3.70. The maximum absolute atomic E-state index is 13.3. The summed E-state index contributed by atoms with van der Waals surface area (Å²) in [6, 6.07) is 3.17. The number of benzene rings is 1. The smallest absolute Gasteiger partial charge is 0.251 e. The molecule has 1 heterocycles. The van der Waals surface area contributed by atoms with Crippen molar-refractivity contribution in [1.82, 2.24) is 10.6 Å². The number of aliphatic hydroxyl groups excluding tert-OH is 1. The zero-order chi connectivity index (χ0) is 16.4. The highest BCUT2D eigenvalue weighted by Gasteiger charge is 2.39. The second-order valence-corrected chi connectivity index (χ2v) is 6.60. The van der Waals surface area contributed by atoms with Crippen LogP contribution in [0.25, 0.3) is 0 Å². The molecule has 0 radical (unpaired) electrons. The van der Waals surface area contributed by atoms with E-state index in [9.17, 15) is 18.7 Å². The van der Waals surface area contributed by atoms with E-state index in [4.69, 9.17) is 0 Å². The molecule has 3 N–H and O–H groups in total. The summed E-state index contributed by atoms with van der Waals surface area (Å²) >= 11 is 0. The molecule has 1 saturated heterocycles. The summed E-state index contributed by atoms with van der Waals surface area (Å²) in [6.07, 6.45) is 3.02. The summed E-state index contributed by atoms with van der Waals surface area (Å²) in [5.41, 5.74) is 0.128. The molecule has 1 atom stereocenters. The maximum atomic E-state index is 13.3. The number of halogens is 2. The summed E-state index contributed by atoms with van der Waals surface area (Å²) in [4.78, 5) is 12.4. The van der Waals surface area contributed by atoms with Gasteiger partial charge in [0.1, 0.15) is 0 Å². The number of hydrogen-bond acceptors (Lipinski definition) is 3. The zero-order valence-electron chi connectivity index (χ0n) is 12.9. The molecular weight excluding hydrogens is 302 g/mol. The Kier molecular flexibility index (Phi) is 4.92. The van der Waals surface area contributed by atoms with Crippen LogP contribution in [0.15, 0.2) is 18.2 Å². The Morgan fingerprint density at radius 3 is 2.48 bits per heavy atom. The first-order chi connectivity index (χ1) is 11.0. The maximum Gasteiger partial charge on any atom is 0.251 e. The average Bonchev–Trinajstić information content (AvgIpc) is 2.53. The second-order valence-electron chi connectivity index (χ2n) is 6.60. The fourth-order valence-corrected chi connectivity index (χ4v) is 3.62. The van der Waals surface area contributed by atoms with E-state index in [-0.39, 0.29) is 29.5 Å². The van der Waals surface area contributed by atoms with Crippen molar-refractivity contribution in [2.75, 3.05) is 13.1 Å². The van der Waals surface area contributed by atoms with E-state index < -0.39 is 11.6 Å². The molecule has 2 aliphatic rings. The molecule has 4 nitrogen and oxygen atoms in total. The number of hydrogen-bond donors (Lipinski definition) is 3. The molecule has 1 aliphatic carbocycles. The number of piperidine rings is 1. The van der Waals surface area contributed by atoms with Crippen molar-refractivity contribution in [2.45, 2.75) is 37.8 Å². The minimum Gasteiger partial charge on any atom is -0.393 e. The van der Waals surface area contributed by atoms with Gasteiger partial charge in [-0.2, -0.15) is 0 Å². The van der Waals surface area contributed by atoms with Gasteiger partial charge in [0.25, 0.3) is 5.91 Å². The van der Waals surface area contributed by atoms with Gasteiger partial charge in [0.15, 0.2) is 11.6 Å². The molecule has 1 aromatic rings. The lowest BCUT2D eigenvalue weighted by molar-refractivity contribution is 0.00918. The van der Waals surface area contributed by atoms with Crippen LogP contribution in [0, 0.1) is 23.5 Å². The van der Waals surface area contributed by atoms with E-state index in [0.717, 1.165) is 38.1 Å². The highest BCUT2D eigenvalue weighted by molar-refractivity contribution is 5.94. The average molecular weight is 324 g/mol. The Balaban J connectivity index is 1.71. The third-order valence-corrected chi connectivity index (χ3v) is 5.03. The first kappa shape index (κ1) is 16.3. The Hall–Kier alpha value is -1.53. The minimum atomic E-state index is -1.02. The third-order valence-electron chi connectivity index (χ3n) is 5.03. The summed E-state index contributed by atoms with van der Waals surface area (Å²) in [5.74, 6) is -1.76. The van der Waals surface area contributed by atoms with Crippen molar-refractivity contribution in [3.8, 4) is 0 Å².